The molecule has 0 atom stereocenters. The van der Waals surface area contributed by atoms with E-state index in [0.717, 1.165) is 5.56 Å². The van der Waals surface area contributed by atoms with E-state index < -0.39 is 10.0 Å². The number of furan rings is 1. The predicted octanol–water partition coefficient (Wildman–Crippen LogP) is 2.31. The van der Waals surface area contributed by atoms with Crippen LogP contribution in [-0.4, -0.2) is 13.4 Å². The highest BCUT2D eigenvalue weighted by molar-refractivity contribution is 7.89. The highest BCUT2D eigenvalue weighted by Crippen LogP contribution is 2.23. The standard InChI is InChI=1S/C14H12N2O3S/c17-20(18,16-10-11-3-2-7-15-9-11)14-5-1-4-13-12(14)6-8-19-13/h1-9,16H,10H2. The van der Waals surface area contributed by atoms with E-state index in [-0.39, 0.29) is 11.4 Å². The van der Waals surface area contributed by atoms with Crippen molar-refractivity contribution in [3.8, 4) is 0 Å². The van der Waals surface area contributed by atoms with Gasteiger partial charge in [-0.1, -0.05) is 12.1 Å². The van der Waals surface area contributed by atoms with Gasteiger partial charge in [-0.3, -0.25) is 4.98 Å². The zero-order chi connectivity index (χ0) is 14.0. The first kappa shape index (κ1) is 12.8. The minimum Gasteiger partial charge on any atom is -0.464 e. The summed E-state index contributed by atoms with van der Waals surface area (Å²) in [5, 5.41) is 0.575. The molecule has 3 rings (SSSR count). The number of benzene rings is 1. The summed E-state index contributed by atoms with van der Waals surface area (Å²) in [6, 6.07) is 10.2. The van der Waals surface area contributed by atoms with Crippen molar-refractivity contribution in [2.45, 2.75) is 11.4 Å². The number of hydrogen-bond donors (Lipinski definition) is 1. The van der Waals surface area contributed by atoms with Crippen molar-refractivity contribution in [1.82, 2.24) is 9.71 Å². The van der Waals surface area contributed by atoms with E-state index >= 15 is 0 Å². The van der Waals surface area contributed by atoms with Gasteiger partial charge in [0.15, 0.2) is 0 Å². The highest BCUT2D eigenvalue weighted by atomic mass is 32.2. The first-order valence-electron chi connectivity index (χ1n) is 6.01. The third-order valence-corrected chi connectivity index (χ3v) is 4.39. The minimum absolute atomic E-state index is 0.199. The zero-order valence-corrected chi connectivity index (χ0v) is 11.3. The van der Waals surface area contributed by atoms with Crippen LogP contribution in [0.4, 0.5) is 0 Å². The summed E-state index contributed by atoms with van der Waals surface area (Å²) in [6.45, 7) is 0.199. The number of nitrogens with one attached hydrogen (secondary N) is 1. The number of rotatable bonds is 4. The van der Waals surface area contributed by atoms with E-state index in [1.807, 2.05) is 6.07 Å². The predicted molar refractivity (Wildman–Crippen MR) is 74.5 cm³/mol. The van der Waals surface area contributed by atoms with Crippen LogP contribution in [0, 0.1) is 0 Å². The van der Waals surface area contributed by atoms with Gasteiger partial charge in [-0.2, -0.15) is 0 Å². The molecule has 0 saturated carbocycles. The lowest BCUT2D eigenvalue weighted by molar-refractivity contribution is 0.581. The van der Waals surface area contributed by atoms with E-state index in [2.05, 4.69) is 9.71 Å². The Morgan fingerprint density at radius 2 is 2.05 bits per heavy atom. The lowest BCUT2D eigenvalue weighted by atomic mass is 10.3. The van der Waals surface area contributed by atoms with E-state index in [1.54, 1.807) is 42.7 Å². The van der Waals surface area contributed by atoms with E-state index in [0.29, 0.717) is 11.0 Å². The summed E-state index contributed by atoms with van der Waals surface area (Å²) in [7, 11) is -3.59. The summed E-state index contributed by atoms with van der Waals surface area (Å²) >= 11 is 0. The Hall–Kier alpha value is -2.18. The van der Waals surface area contributed by atoms with Crippen LogP contribution in [0.2, 0.25) is 0 Å². The van der Waals surface area contributed by atoms with Crippen LogP contribution < -0.4 is 4.72 Å². The Balaban J connectivity index is 1.90. The van der Waals surface area contributed by atoms with Crippen LogP contribution in [0.15, 0.2) is 64.4 Å². The Bertz CT molecular complexity index is 826. The van der Waals surface area contributed by atoms with Crippen molar-refractivity contribution in [2.24, 2.45) is 0 Å². The largest absolute Gasteiger partial charge is 0.464 e. The van der Waals surface area contributed by atoms with Crippen molar-refractivity contribution in [2.75, 3.05) is 0 Å². The maximum absolute atomic E-state index is 12.3. The normalized spacial score (nSPS) is 11.8. The second kappa shape index (κ2) is 5.07. The number of pyridine rings is 1. The number of aromatic nitrogens is 1. The number of nitrogens with zero attached hydrogens (tertiary/aromatic N) is 1. The Morgan fingerprint density at radius 3 is 2.85 bits per heavy atom. The van der Waals surface area contributed by atoms with Crippen LogP contribution in [-0.2, 0) is 16.6 Å². The third kappa shape index (κ3) is 2.43. The molecule has 0 aliphatic heterocycles. The first-order chi connectivity index (χ1) is 9.67. The molecule has 0 unspecified atom stereocenters. The lowest BCUT2D eigenvalue weighted by Gasteiger charge is -2.07. The van der Waals surface area contributed by atoms with Gasteiger partial charge in [0.25, 0.3) is 0 Å². The molecule has 102 valence electrons. The number of hydrogen-bond acceptors (Lipinski definition) is 4. The molecule has 3 aromatic rings. The summed E-state index contributed by atoms with van der Waals surface area (Å²) in [5.41, 5.74) is 1.35. The molecule has 1 aromatic carbocycles. The van der Waals surface area contributed by atoms with Crippen LogP contribution >= 0.6 is 0 Å². The summed E-state index contributed by atoms with van der Waals surface area (Å²) in [4.78, 5) is 4.17. The number of sulfonamides is 1. The van der Waals surface area contributed by atoms with Gasteiger partial charge < -0.3 is 4.42 Å². The topological polar surface area (TPSA) is 72.2 Å². The molecule has 0 aliphatic rings. The first-order valence-corrected chi connectivity index (χ1v) is 7.50. The molecule has 6 heteroatoms. The van der Waals surface area contributed by atoms with Gasteiger partial charge in [0.05, 0.1) is 11.2 Å². The molecule has 2 aromatic heterocycles. The monoisotopic (exact) mass is 288 g/mol. The summed E-state index contributed by atoms with van der Waals surface area (Å²) < 4.78 is 32.5. The average Bonchev–Trinajstić information content (AvgIpc) is 2.94. The fourth-order valence-electron chi connectivity index (χ4n) is 1.96. The van der Waals surface area contributed by atoms with Gasteiger partial charge in [-0.25, -0.2) is 13.1 Å². The molecular weight excluding hydrogens is 276 g/mol. The van der Waals surface area contributed by atoms with Gasteiger partial charge in [-0.15, -0.1) is 0 Å². The second-order valence-corrected chi connectivity index (χ2v) is 6.01. The van der Waals surface area contributed by atoms with Crippen LogP contribution in [0.1, 0.15) is 5.56 Å². The fourth-order valence-corrected chi connectivity index (χ4v) is 3.19. The summed E-state index contributed by atoms with van der Waals surface area (Å²) in [5.74, 6) is 0. The van der Waals surface area contributed by atoms with E-state index in [4.69, 9.17) is 4.42 Å². The van der Waals surface area contributed by atoms with Crippen LogP contribution in [0.5, 0.6) is 0 Å². The molecule has 0 aliphatic carbocycles. The van der Waals surface area contributed by atoms with Gasteiger partial charge >= 0.3 is 0 Å². The van der Waals surface area contributed by atoms with E-state index in [9.17, 15) is 8.42 Å². The molecule has 0 radical (unpaired) electrons. The van der Waals surface area contributed by atoms with Crippen LogP contribution in [0.25, 0.3) is 11.0 Å². The third-order valence-electron chi connectivity index (χ3n) is 2.93. The molecule has 1 N–H and O–H groups in total. The average molecular weight is 288 g/mol. The van der Waals surface area contributed by atoms with Crippen molar-refractivity contribution in [1.29, 1.82) is 0 Å². The van der Waals surface area contributed by atoms with Gasteiger partial charge in [0.2, 0.25) is 10.0 Å². The molecule has 0 spiro atoms. The molecule has 2 heterocycles. The van der Waals surface area contributed by atoms with Crippen molar-refractivity contribution in [3.05, 3.63) is 60.6 Å². The second-order valence-electron chi connectivity index (χ2n) is 4.27. The molecule has 5 nitrogen and oxygen atoms in total. The molecule has 0 bridgehead atoms. The van der Waals surface area contributed by atoms with Crippen molar-refractivity contribution in [3.63, 3.8) is 0 Å². The Kier molecular flexibility index (Phi) is 3.25. The van der Waals surface area contributed by atoms with Crippen molar-refractivity contribution >= 4 is 21.0 Å². The van der Waals surface area contributed by atoms with Crippen LogP contribution in [0.3, 0.4) is 0 Å². The molecular formula is C14H12N2O3S. The maximum atomic E-state index is 12.3. The molecule has 20 heavy (non-hydrogen) atoms. The zero-order valence-electron chi connectivity index (χ0n) is 10.5. The van der Waals surface area contributed by atoms with Gasteiger partial charge in [0, 0.05) is 24.3 Å². The quantitative estimate of drug-likeness (QED) is 0.799. The SMILES string of the molecule is O=S(=O)(NCc1cccnc1)c1cccc2occc12. The summed E-state index contributed by atoms with van der Waals surface area (Å²) in [6.07, 6.45) is 4.75. The lowest BCUT2D eigenvalue weighted by Crippen LogP contribution is -2.23. The molecule has 0 fully saturated rings. The number of fused-ring (bicyclic) bond motifs is 1. The molecule has 0 saturated heterocycles. The van der Waals surface area contributed by atoms with E-state index in [1.165, 1.54) is 6.26 Å². The fraction of sp³-hybridized carbons (Fsp3) is 0.0714. The maximum Gasteiger partial charge on any atom is 0.241 e. The Morgan fingerprint density at radius 1 is 1.15 bits per heavy atom. The smallest absolute Gasteiger partial charge is 0.241 e. The minimum atomic E-state index is -3.59. The molecule has 0 amide bonds. The highest BCUT2D eigenvalue weighted by Gasteiger charge is 2.17. The van der Waals surface area contributed by atoms with Gasteiger partial charge in [0.1, 0.15) is 5.58 Å². The van der Waals surface area contributed by atoms with Gasteiger partial charge in [-0.05, 0) is 29.8 Å². The van der Waals surface area contributed by atoms with Crippen molar-refractivity contribution < 1.29 is 12.8 Å². The Labute approximate surface area is 116 Å².